The van der Waals surface area contributed by atoms with Crippen molar-refractivity contribution in [3.63, 3.8) is 0 Å². The van der Waals surface area contributed by atoms with Gasteiger partial charge in [-0.1, -0.05) is 30.9 Å². The summed E-state index contributed by atoms with van der Waals surface area (Å²) in [4.78, 5) is 0. The molecule has 0 spiro atoms. The largest absolute Gasteiger partial charge is 0.0952 e. The van der Waals surface area contributed by atoms with E-state index in [-0.39, 0.29) is 0 Å². The minimum atomic E-state index is 1.15. The van der Waals surface area contributed by atoms with Gasteiger partial charge in [0.15, 0.2) is 0 Å². The lowest BCUT2D eigenvalue weighted by atomic mass is 9.83. The predicted molar refractivity (Wildman–Crippen MR) is 67.9 cm³/mol. The number of allylic oxidation sites excluding steroid dienone is 2. The average molecular weight is 198 g/mol. The molecule has 1 aromatic rings. The van der Waals surface area contributed by atoms with Gasteiger partial charge in [0.2, 0.25) is 0 Å². The van der Waals surface area contributed by atoms with E-state index >= 15 is 0 Å². The maximum Gasteiger partial charge on any atom is -0.0123 e. The molecule has 1 aliphatic rings. The van der Waals surface area contributed by atoms with Crippen LogP contribution in [0.1, 0.15) is 42.0 Å². The van der Waals surface area contributed by atoms with Gasteiger partial charge in [-0.25, -0.2) is 0 Å². The molecule has 0 fully saturated rings. The Labute approximate surface area is 92.3 Å². The van der Waals surface area contributed by atoms with Crippen molar-refractivity contribution in [2.24, 2.45) is 0 Å². The first-order valence-electron chi connectivity index (χ1n) is 5.67. The van der Waals surface area contributed by atoms with Crippen molar-refractivity contribution in [1.29, 1.82) is 0 Å². The van der Waals surface area contributed by atoms with Crippen LogP contribution in [0.2, 0.25) is 0 Å². The Balaban J connectivity index is 2.66. The number of benzene rings is 1. The van der Waals surface area contributed by atoms with E-state index in [1.54, 1.807) is 0 Å². The fourth-order valence-corrected chi connectivity index (χ4v) is 2.39. The predicted octanol–water partition coefficient (Wildman–Crippen LogP) is 4.38. The van der Waals surface area contributed by atoms with Crippen molar-refractivity contribution in [3.8, 4) is 0 Å². The summed E-state index contributed by atoms with van der Waals surface area (Å²) in [6.07, 6.45) is 7.94. The number of aryl methyl sites for hydroxylation is 2. The molecular weight excluding hydrogens is 180 g/mol. The summed E-state index contributed by atoms with van der Waals surface area (Å²) in [6, 6.07) is 4.49. The molecule has 0 heteroatoms. The second-order valence-corrected chi connectivity index (χ2v) is 4.29. The number of hydrogen-bond acceptors (Lipinski definition) is 0. The van der Waals surface area contributed by atoms with Crippen molar-refractivity contribution >= 4 is 11.6 Å². The minimum absolute atomic E-state index is 1.15. The summed E-state index contributed by atoms with van der Waals surface area (Å²) in [5.41, 5.74) is 6.94. The number of fused-ring (bicyclic) bond motifs is 1. The van der Waals surface area contributed by atoms with E-state index < -0.39 is 0 Å². The molecule has 2 rings (SSSR count). The zero-order chi connectivity index (χ0) is 10.8. The van der Waals surface area contributed by atoms with E-state index in [9.17, 15) is 0 Å². The van der Waals surface area contributed by atoms with Gasteiger partial charge in [0.1, 0.15) is 0 Å². The van der Waals surface area contributed by atoms with Gasteiger partial charge in [-0.3, -0.25) is 0 Å². The minimum Gasteiger partial charge on any atom is -0.0952 e. The molecule has 0 heterocycles. The van der Waals surface area contributed by atoms with Crippen molar-refractivity contribution < 1.29 is 0 Å². The third kappa shape index (κ3) is 1.77. The Morgan fingerprint density at radius 3 is 2.80 bits per heavy atom. The molecule has 0 saturated heterocycles. The summed E-state index contributed by atoms with van der Waals surface area (Å²) >= 11 is 0. The third-order valence-electron chi connectivity index (χ3n) is 3.16. The highest BCUT2D eigenvalue weighted by Crippen LogP contribution is 2.34. The van der Waals surface area contributed by atoms with Crippen molar-refractivity contribution in [3.05, 3.63) is 47.0 Å². The van der Waals surface area contributed by atoms with Gasteiger partial charge in [0.05, 0.1) is 0 Å². The van der Waals surface area contributed by atoms with Crippen LogP contribution in [-0.4, -0.2) is 0 Å². The Morgan fingerprint density at radius 1 is 1.27 bits per heavy atom. The average Bonchev–Trinajstić information content (AvgIpc) is 2.23. The summed E-state index contributed by atoms with van der Waals surface area (Å²) in [5.74, 6) is 0. The highest BCUT2D eigenvalue weighted by atomic mass is 14.2. The van der Waals surface area contributed by atoms with Gasteiger partial charge in [-0.2, -0.15) is 0 Å². The SMILES string of the molecule is C=C1CCCc2ccc(C)c(/C=C\C)c21. The van der Waals surface area contributed by atoms with E-state index in [1.807, 2.05) is 0 Å². The molecule has 1 aliphatic carbocycles. The van der Waals surface area contributed by atoms with Gasteiger partial charge in [-0.05, 0) is 60.9 Å². The molecule has 1 aromatic carbocycles. The standard InChI is InChI=1S/C15H18/c1-4-6-14-11(2)9-10-13-8-5-7-12(3)15(13)14/h4,6,9-10H,3,5,7-8H2,1-2H3/b6-4-. The van der Waals surface area contributed by atoms with Gasteiger partial charge >= 0.3 is 0 Å². The molecule has 15 heavy (non-hydrogen) atoms. The summed E-state index contributed by atoms with van der Waals surface area (Å²) in [7, 11) is 0. The lowest BCUT2D eigenvalue weighted by molar-refractivity contribution is 0.822. The van der Waals surface area contributed by atoms with Crippen LogP contribution in [0.15, 0.2) is 24.8 Å². The van der Waals surface area contributed by atoms with Crippen LogP contribution in [-0.2, 0) is 6.42 Å². The monoisotopic (exact) mass is 198 g/mol. The fourth-order valence-electron chi connectivity index (χ4n) is 2.39. The van der Waals surface area contributed by atoms with E-state index in [1.165, 1.54) is 40.7 Å². The van der Waals surface area contributed by atoms with Crippen molar-refractivity contribution in [1.82, 2.24) is 0 Å². The topological polar surface area (TPSA) is 0 Å². The molecule has 0 nitrogen and oxygen atoms in total. The van der Waals surface area contributed by atoms with Crippen molar-refractivity contribution in [2.75, 3.05) is 0 Å². The van der Waals surface area contributed by atoms with E-state index in [0.29, 0.717) is 0 Å². The molecule has 0 N–H and O–H groups in total. The fraction of sp³-hybridized carbons (Fsp3) is 0.333. The molecule has 0 aliphatic heterocycles. The van der Waals surface area contributed by atoms with Crippen molar-refractivity contribution in [2.45, 2.75) is 33.1 Å². The molecule has 0 unspecified atom stereocenters. The van der Waals surface area contributed by atoms with Gasteiger partial charge in [-0.15, -0.1) is 0 Å². The highest BCUT2D eigenvalue weighted by molar-refractivity contribution is 5.78. The Hall–Kier alpha value is -1.30. The van der Waals surface area contributed by atoms with Crippen LogP contribution < -0.4 is 0 Å². The van der Waals surface area contributed by atoms with E-state index in [2.05, 4.69) is 44.7 Å². The Bertz CT molecular complexity index is 422. The molecular formula is C15H18. The smallest absolute Gasteiger partial charge is 0.0123 e. The van der Waals surface area contributed by atoms with E-state index in [0.717, 1.165) is 6.42 Å². The van der Waals surface area contributed by atoms with Gasteiger partial charge < -0.3 is 0 Å². The molecule has 0 aromatic heterocycles. The Kier molecular flexibility index (Phi) is 2.77. The van der Waals surface area contributed by atoms with Crippen LogP contribution in [0.25, 0.3) is 11.6 Å². The molecule has 78 valence electrons. The third-order valence-corrected chi connectivity index (χ3v) is 3.16. The molecule has 0 saturated carbocycles. The normalized spacial score (nSPS) is 15.7. The van der Waals surface area contributed by atoms with Gasteiger partial charge in [0, 0.05) is 0 Å². The lowest BCUT2D eigenvalue weighted by Gasteiger charge is -2.21. The summed E-state index contributed by atoms with van der Waals surface area (Å²) in [6.45, 7) is 8.46. The molecule has 0 atom stereocenters. The van der Waals surface area contributed by atoms with Crippen LogP contribution in [0.3, 0.4) is 0 Å². The first kappa shape index (κ1) is 10.2. The second kappa shape index (κ2) is 4.06. The summed E-state index contributed by atoms with van der Waals surface area (Å²) in [5, 5.41) is 0. The zero-order valence-corrected chi connectivity index (χ0v) is 9.64. The zero-order valence-electron chi connectivity index (χ0n) is 9.64. The maximum atomic E-state index is 4.21. The van der Waals surface area contributed by atoms with Crippen LogP contribution >= 0.6 is 0 Å². The maximum absolute atomic E-state index is 4.21. The summed E-state index contributed by atoms with van der Waals surface area (Å²) < 4.78 is 0. The van der Waals surface area contributed by atoms with E-state index in [4.69, 9.17) is 0 Å². The number of rotatable bonds is 1. The first-order valence-corrected chi connectivity index (χ1v) is 5.67. The Morgan fingerprint density at radius 2 is 2.07 bits per heavy atom. The first-order chi connectivity index (χ1) is 7.24. The quantitative estimate of drug-likeness (QED) is 0.628. The lowest BCUT2D eigenvalue weighted by Crippen LogP contribution is -2.04. The molecule has 0 radical (unpaired) electrons. The molecule has 0 bridgehead atoms. The highest BCUT2D eigenvalue weighted by Gasteiger charge is 2.16. The van der Waals surface area contributed by atoms with Crippen LogP contribution in [0, 0.1) is 6.92 Å². The number of hydrogen-bond donors (Lipinski definition) is 0. The molecule has 0 amide bonds. The van der Waals surface area contributed by atoms with Crippen LogP contribution in [0.4, 0.5) is 0 Å². The van der Waals surface area contributed by atoms with Crippen LogP contribution in [0.5, 0.6) is 0 Å². The second-order valence-electron chi connectivity index (χ2n) is 4.29. The van der Waals surface area contributed by atoms with Gasteiger partial charge in [0.25, 0.3) is 0 Å².